The molecule has 0 atom stereocenters. The second-order valence-electron chi connectivity index (χ2n) is 3.71. The van der Waals surface area contributed by atoms with Gasteiger partial charge in [0.05, 0.1) is 13.2 Å². The predicted octanol–water partition coefficient (Wildman–Crippen LogP) is 2.77. The molecule has 0 heterocycles. The van der Waals surface area contributed by atoms with Crippen molar-refractivity contribution in [3.05, 3.63) is 42.5 Å². The fraction of sp³-hybridized carbons (Fsp3) is 0.357. The van der Waals surface area contributed by atoms with Gasteiger partial charge in [0.15, 0.2) is 0 Å². The van der Waals surface area contributed by atoms with Crippen LogP contribution >= 0.6 is 0 Å². The number of unbranched alkanes of at least 4 members (excludes halogenated alkanes) is 1. The molecule has 91 valence electrons. The number of benzene rings is 1. The molecule has 0 aliphatic rings. The lowest BCUT2D eigenvalue weighted by Crippen LogP contribution is -2.07. The minimum absolute atomic E-state index is 0.329. The fourth-order valence-corrected chi connectivity index (χ4v) is 1.15. The summed E-state index contributed by atoms with van der Waals surface area (Å²) in [7, 11) is 0. The van der Waals surface area contributed by atoms with E-state index in [2.05, 4.69) is 12.6 Å². The van der Waals surface area contributed by atoms with Crippen LogP contribution in [0, 0.1) is 6.07 Å². The highest BCUT2D eigenvalue weighted by atomic mass is 16.5. The van der Waals surface area contributed by atoms with Crippen LogP contribution in [0.25, 0.3) is 0 Å². The van der Waals surface area contributed by atoms with E-state index in [9.17, 15) is 4.79 Å². The van der Waals surface area contributed by atoms with Gasteiger partial charge in [0.1, 0.15) is 5.75 Å². The smallest absolute Gasteiger partial charge is 0.333 e. The first-order valence-corrected chi connectivity index (χ1v) is 5.61. The molecule has 0 fully saturated rings. The average molecular weight is 233 g/mol. The number of hydrogen-bond donors (Lipinski definition) is 0. The lowest BCUT2D eigenvalue weighted by atomic mass is 10.3. The molecular formula is C14H17O3. The first-order chi connectivity index (χ1) is 8.20. The molecule has 0 aliphatic heterocycles. The van der Waals surface area contributed by atoms with E-state index < -0.39 is 0 Å². The van der Waals surface area contributed by atoms with Crippen molar-refractivity contribution in [2.24, 2.45) is 0 Å². The van der Waals surface area contributed by atoms with E-state index in [-0.39, 0.29) is 5.97 Å². The zero-order valence-corrected chi connectivity index (χ0v) is 10.1. The molecule has 0 aromatic heterocycles. The third kappa shape index (κ3) is 5.76. The molecule has 3 heteroatoms. The Morgan fingerprint density at radius 3 is 2.59 bits per heavy atom. The largest absolute Gasteiger partial charge is 0.494 e. The molecule has 0 bridgehead atoms. The van der Waals surface area contributed by atoms with Crippen molar-refractivity contribution in [2.75, 3.05) is 13.2 Å². The van der Waals surface area contributed by atoms with Gasteiger partial charge >= 0.3 is 5.97 Å². The topological polar surface area (TPSA) is 35.5 Å². The van der Waals surface area contributed by atoms with Crippen molar-refractivity contribution in [1.29, 1.82) is 0 Å². The van der Waals surface area contributed by atoms with Crippen LogP contribution in [0.2, 0.25) is 0 Å². The monoisotopic (exact) mass is 233 g/mol. The van der Waals surface area contributed by atoms with Crippen LogP contribution in [0.4, 0.5) is 0 Å². The maximum absolute atomic E-state index is 11.0. The van der Waals surface area contributed by atoms with Crippen molar-refractivity contribution in [3.8, 4) is 5.75 Å². The van der Waals surface area contributed by atoms with Crippen molar-refractivity contribution in [1.82, 2.24) is 0 Å². The molecule has 1 radical (unpaired) electrons. The second kappa shape index (κ2) is 7.49. The minimum Gasteiger partial charge on any atom is -0.494 e. The highest BCUT2D eigenvalue weighted by molar-refractivity contribution is 5.86. The summed E-state index contributed by atoms with van der Waals surface area (Å²) >= 11 is 0. The van der Waals surface area contributed by atoms with Crippen LogP contribution in [0.1, 0.15) is 19.8 Å². The van der Waals surface area contributed by atoms with Crippen LogP contribution in [-0.4, -0.2) is 19.2 Å². The Labute approximate surface area is 102 Å². The molecule has 0 unspecified atom stereocenters. The summed E-state index contributed by atoms with van der Waals surface area (Å²) in [5.41, 5.74) is 0.432. The summed E-state index contributed by atoms with van der Waals surface area (Å²) < 4.78 is 10.4. The quantitative estimate of drug-likeness (QED) is 0.412. The standard InChI is InChI=1S/C14H17O3/c1-12(2)14(15)17-11-7-6-10-16-13-8-4-3-5-9-13/h4-5,8-9H,1,6-7,10-11H2,2H3. The van der Waals surface area contributed by atoms with Crippen LogP contribution in [0.5, 0.6) is 5.75 Å². The number of ether oxygens (including phenoxy) is 2. The molecule has 0 saturated carbocycles. The lowest BCUT2D eigenvalue weighted by Gasteiger charge is -2.06. The van der Waals surface area contributed by atoms with Gasteiger partial charge in [0.25, 0.3) is 0 Å². The highest BCUT2D eigenvalue weighted by Crippen LogP contribution is 2.08. The molecule has 0 aliphatic carbocycles. The molecule has 0 saturated heterocycles. The van der Waals surface area contributed by atoms with Crippen LogP contribution in [-0.2, 0) is 9.53 Å². The summed E-state index contributed by atoms with van der Waals surface area (Å²) in [6.45, 7) is 6.18. The molecule has 1 aromatic rings. The first-order valence-electron chi connectivity index (χ1n) is 5.61. The van der Waals surface area contributed by atoms with E-state index in [0.29, 0.717) is 18.8 Å². The Morgan fingerprint density at radius 2 is 1.94 bits per heavy atom. The van der Waals surface area contributed by atoms with Gasteiger partial charge in [-0.25, -0.2) is 4.79 Å². The number of esters is 1. The maximum atomic E-state index is 11.0. The van der Waals surface area contributed by atoms with Gasteiger partial charge in [-0.3, -0.25) is 0 Å². The normalized spacial score (nSPS) is 9.71. The van der Waals surface area contributed by atoms with Gasteiger partial charge in [0.2, 0.25) is 0 Å². The van der Waals surface area contributed by atoms with Crippen LogP contribution in [0.3, 0.4) is 0 Å². The summed E-state index contributed by atoms with van der Waals surface area (Å²) in [5.74, 6) is 0.507. The van der Waals surface area contributed by atoms with E-state index in [1.807, 2.05) is 24.3 Å². The average Bonchev–Trinajstić information content (AvgIpc) is 2.34. The Balaban J connectivity index is 2.02. The summed E-state index contributed by atoms with van der Waals surface area (Å²) in [5, 5.41) is 0. The Hall–Kier alpha value is -1.77. The Kier molecular flexibility index (Phi) is 5.86. The third-order valence-electron chi connectivity index (χ3n) is 2.08. The SMILES string of the molecule is C=C(C)C(=O)OCCCCOc1cc[c]cc1. The van der Waals surface area contributed by atoms with Crippen molar-refractivity contribution >= 4 is 5.97 Å². The number of carbonyl (C=O) groups excluding carboxylic acids is 1. The van der Waals surface area contributed by atoms with E-state index in [4.69, 9.17) is 9.47 Å². The number of rotatable bonds is 7. The zero-order valence-electron chi connectivity index (χ0n) is 10.1. The van der Waals surface area contributed by atoms with Crippen LogP contribution < -0.4 is 4.74 Å². The molecule has 0 spiro atoms. The zero-order chi connectivity index (χ0) is 12.5. The first kappa shape index (κ1) is 13.3. The third-order valence-corrected chi connectivity index (χ3v) is 2.08. The van der Waals surface area contributed by atoms with Crippen LogP contribution in [0.15, 0.2) is 36.4 Å². The van der Waals surface area contributed by atoms with Gasteiger partial charge in [0, 0.05) is 5.57 Å². The molecule has 1 aromatic carbocycles. The van der Waals surface area contributed by atoms with E-state index in [1.54, 1.807) is 6.92 Å². The number of hydrogen-bond acceptors (Lipinski definition) is 3. The molecular weight excluding hydrogens is 216 g/mol. The second-order valence-corrected chi connectivity index (χ2v) is 3.71. The lowest BCUT2D eigenvalue weighted by molar-refractivity contribution is -0.139. The Bertz CT molecular complexity index is 357. The molecule has 0 N–H and O–H groups in total. The van der Waals surface area contributed by atoms with Crippen molar-refractivity contribution in [3.63, 3.8) is 0 Å². The highest BCUT2D eigenvalue weighted by Gasteiger charge is 2.01. The Morgan fingerprint density at radius 1 is 1.29 bits per heavy atom. The van der Waals surface area contributed by atoms with E-state index >= 15 is 0 Å². The van der Waals surface area contributed by atoms with Gasteiger partial charge < -0.3 is 9.47 Å². The minimum atomic E-state index is -0.329. The van der Waals surface area contributed by atoms with Gasteiger partial charge in [-0.15, -0.1) is 0 Å². The molecule has 0 amide bonds. The fourth-order valence-electron chi connectivity index (χ4n) is 1.15. The van der Waals surface area contributed by atoms with Gasteiger partial charge in [-0.05, 0) is 38.0 Å². The number of carbonyl (C=O) groups is 1. The van der Waals surface area contributed by atoms with Crippen molar-refractivity contribution < 1.29 is 14.3 Å². The summed E-state index contributed by atoms with van der Waals surface area (Å²) in [6.07, 6.45) is 1.64. The summed E-state index contributed by atoms with van der Waals surface area (Å²) in [4.78, 5) is 11.0. The molecule has 3 nitrogen and oxygen atoms in total. The van der Waals surface area contributed by atoms with Crippen molar-refractivity contribution in [2.45, 2.75) is 19.8 Å². The summed E-state index contributed by atoms with van der Waals surface area (Å²) in [6, 6.07) is 10.3. The van der Waals surface area contributed by atoms with E-state index in [1.165, 1.54) is 0 Å². The molecule has 17 heavy (non-hydrogen) atoms. The molecule has 1 rings (SSSR count). The maximum Gasteiger partial charge on any atom is 0.333 e. The predicted molar refractivity (Wildman–Crippen MR) is 65.8 cm³/mol. The van der Waals surface area contributed by atoms with Gasteiger partial charge in [-0.1, -0.05) is 18.7 Å². The van der Waals surface area contributed by atoms with Gasteiger partial charge in [-0.2, -0.15) is 0 Å². The van der Waals surface area contributed by atoms with E-state index in [0.717, 1.165) is 18.6 Å².